The van der Waals surface area contributed by atoms with Crippen LogP contribution in [0.2, 0.25) is 0 Å². The van der Waals surface area contributed by atoms with Gasteiger partial charge in [0.2, 0.25) is 5.91 Å². The van der Waals surface area contributed by atoms with Gasteiger partial charge in [-0.25, -0.2) is 0 Å². The van der Waals surface area contributed by atoms with Crippen LogP contribution in [0.15, 0.2) is 40.9 Å². The first-order valence-corrected chi connectivity index (χ1v) is 10.2. The van der Waals surface area contributed by atoms with Crippen LogP contribution >= 0.6 is 23.1 Å². The molecule has 28 heavy (non-hydrogen) atoms. The van der Waals surface area contributed by atoms with Crippen molar-refractivity contribution in [3.05, 3.63) is 46.2 Å². The first-order valence-electron chi connectivity index (χ1n) is 8.35. The van der Waals surface area contributed by atoms with Crippen molar-refractivity contribution < 1.29 is 18.0 Å². The topological polar surface area (TPSA) is 59.8 Å². The van der Waals surface area contributed by atoms with Gasteiger partial charge < -0.3 is 9.88 Å². The Bertz CT molecular complexity index is 981. The Hall–Kier alpha value is -2.33. The Morgan fingerprint density at radius 3 is 2.75 bits per heavy atom. The van der Waals surface area contributed by atoms with E-state index >= 15 is 0 Å². The number of amides is 1. The summed E-state index contributed by atoms with van der Waals surface area (Å²) in [6.45, 7) is 2.08. The number of alkyl halides is 3. The number of nitrogens with zero attached hydrogens (tertiary/aromatic N) is 3. The van der Waals surface area contributed by atoms with Gasteiger partial charge in [0, 0.05) is 28.6 Å². The molecular formula is C18H17F3N4OS2. The molecule has 0 unspecified atom stereocenters. The molecular weight excluding hydrogens is 409 g/mol. The summed E-state index contributed by atoms with van der Waals surface area (Å²) in [6, 6.07) is 6.60. The number of hydrogen-bond acceptors (Lipinski definition) is 5. The number of carbonyl (C=O) groups excluding carboxylic acids is 1. The molecule has 0 aliphatic carbocycles. The van der Waals surface area contributed by atoms with Crippen LogP contribution in [0.3, 0.4) is 0 Å². The fourth-order valence-electron chi connectivity index (χ4n) is 2.48. The minimum Gasteiger partial charge on any atom is -0.325 e. The quantitative estimate of drug-likeness (QED) is 0.572. The molecule has 5 nitrogen and oxygen atoms in total. The maximum Gasteiger partial charge on any atom is 0.416 e. The number of halogens is 3. The van der Waals surface area contributed by atoms with Gasteiger partial charge in [-0.3, -0.25) is 4.79 Å². The van der Waals surface area contributed by atoms with Gasteiger partial charge in [-0.15, -0.1) is 21.5 Å². The van der Waals surface area contributed by atoms with Crippen LogP contribution in [0.1, 0.15) is 17.4 Å². The first-order chi connectivity index (χ1) is 13.3. The number of nitrogens with one attached hydrogen (secondary N) is 1. The number of thioether (sulfide) groups is 1. The lowest BCUT2D eigenvalue weighted by Gasteiger charge is -2.09. The SMILES string of the molecule is CCc1cc(-c2nnc(SCC(=O)Nc3cccc(C(F)(F)F)c3)n2C)cs1. The fraction of sp³-hybridized carbons (Fsp3) is 0.278. The summed E-state index contributed by atoms with van der Waals surface area (Å²) in [7, 11) is 1.81. The molecule has 2 heterocycles. The van der Waals surface area contributed by atoms with Crippen LogP contribution in [-0.2, 0) is 24.4 Å². The minimum atomic E-state index is -4.45. The maximum absolute atomic E-state index is 12.8. The van der Waals surface area contributed by atoms with E-state index in [0.29, 0.717) is 11.0 Å². The average molecular weight is 426 g/mol. The lowest BCUT2D eigenvalue weighted by molar-refractivity contribution is -0.137. The molecule has 0 fully saturated rings. The highest BCUT2D eigenvalue weighted by molar-refractivity contribution is 7.99. The summed E-state index contributed by atoms with van der Waals surface area (Å²) in [5.41, 5.74) is 0.264. The maximum atomic E-state index is 12.8. The Balaban J connectivity index is 1.62. The summed E-state index contributed by atoms with van der Waals surface area (Å²) in [4.78, 5) is 13.4. The van der Waals surface area contributed by atoms with Crippen LogP contribution in [-0.4, -0.2) is 26.4 Å². The molecule has 0 aliphatic heterocycles. The van der Waals surface area contributed by atoms with Crippen molar-refractivity contribution in [2.75, 3.05) is 11.1 Å². The third kappa shape index (κ3) is 4.74. The van der Waals surface area contributed by atoms with Gasteiger partial charge in [0.25, 0.3) is 0 Å². The van der Waals surface area contributed by atoms with Gasteiger partial charge in [0.1, 0.15) is 0 Å². The number of anilines is 1. The summed E-state index contributed by atoms with van der Waals surface area (Å²) >= 11 is 2.82. The second-order valence-corrected chi connectivity index (χ2v) is 7.87. The zero-order valence-electron chi connectivity index (χ0n) is 15.1. The number of aryl methyl sites for hydroxylation is 1. The first kappa shape index (κ1) is 20.4. The lowest BCUT2D eigenvalue weighted by atomic mass is 10.2. The number of hydrogen-bond donors (Lipinski definition) is 1. The Morgan fingerprint density at radius 1 is 1.29 bits per heavy atom. The molecule has 0 saturated carbocycles. The van der Waals surface area contributed by atoms with E-state index in [4.69, 9.17) is 0 Å². The molecule has 0 spiro atoms. The predicted molar refractivity (Wildman–Crippen MR) is 104 cm³/mol. The van der Waals surface area contributed by atoms with Crippen molar-refractivity contribution >= 4 is 34.7 Å². The molecule has 10 heteroatoms. The summed E-state index contributed by atoms with van der Waals surface area (Å²) in [5, 5.41) is 13.3. The molecule has 1 amide bonds. The molecule has 3 aromatic rings. The molecule has 0 bridgehead atoms. The Kier molecular flexibility index (Phi) is 6.09. The van der Waals surface area contributed by atoms with Gasteiger partial charge >= 0.3 is 6.18 Å². The smallest absolute Gasteiger partial charge is 0.325 e. The molecule has 3 rings (SSSR count). The van der Waals surface area contributed by atoms with Crippen molar-refractivity contribution in [2.24, 2.45) is 7.05 Å². The third-order valence-electron chi connectivity index (χ3n) is 3.90. The lowest BCUT2D eigenvalue weighted by Crippen LogP contribution is -2.15. The van der Waals surface area contributed by atoms with E-state index in [2.05, 4.69) is 28.5 Å². The van der Waals surface area contributed by atoms with E-state index in [0.717, 1.165) is 24.1 Å². The number of aromatic nitrogens is 3. The molecule has 1 N–H and O–H groups in total. The van der Waals surface area contributed by atoms with Gasteiger partial charge in [-0.2, -0.15) is 13.2 Å². The second kappa shape index (κ2) is 8.36. The third-order valence-corrected chi connectivity index (χ3v) is 6.00. The van der Waals surface area contributed by atoms with Crippen LogP contribution in [0, 0.1) is 0 Å². The molecule has 2 aromatic heterocycles. The Morgan fingerprint density at radius 2 is 2.07 bits per heavy atom. The summed E-state index contributed by atoms with van der Waals surface area (Å²) in [6.07, 6.45) is -3.51. The van der Waals surface area contributed by atoms with Gasteiger partial charge in [0.05, 0.1) is 11.3 Å². The molecule has 0 aliphatic rings. The number of carbonyl (C=O) groups is 1. The van der Waals surface area contributed by atoms with Crippen LogP contribution in [0.4, 0.5) is 18.9 Å². The van der Waals surface area contributed by atoms with Crippen LogP contribution in [0.25, 0.3) is 11.4 Å². The highest BCUT2D eigenvalue weighted by atomic mass is 32.2. The van der Waals surface area contributed by atoms with Crippen molar-refractivity contribution in [1.29, 1.82) is 0 Å². The van der Waals surface area contributed by atoms with Crippen molar-refractivity contribution in [2.45, 2.75) is 24.7 Å². The number of rotatable bonds is 6. The van der Waals surface area contributed by atoms with E-state index in [-0.39, 0.29) is 11.4 Å². The molecule has 0 radical (unpaired) electrons. The highest BCUT2D eigenvalue weighted by Crippen LogP contribution is 2.31. The average Bonchev–Trinajstić information content (AvgIpc) is 3.26. The standard InChI is InChI=1S/C18H17F3N4OS2/c1-3-14-7-11(9-27-14)16-23-24-17(25(16)2)28-10-15(26)22-13-6-4-5-12(8-13)18(19,20)21/h4-9H,3,10H2,1-2H3,(H,22,26). The van der Waals surface area contributed by atoms with Crippen LogP contribution in [0.5, 0.6) is 0 Å². The zero-order chi connectivity index (χ0) is 20.3. The predicted octanol–water partition coefficient (Wildman–Crippen LogP) is 4.86. The van der Waals surface area contributed by atoms with E-state index < -0.39 is 17.6 Å². The van der Waals surface area contributed by atoms with Gasteiger partial charge in [-0.1, -0.05) is 24.8 Å². The molecule has 1 aromatic carbocycles. The summed E-state index contributed by atoms with van der Waals surface area (Å²) in [5.74, 6) is 0.293. The van der Waals surface area contributed by atoms with E-state index in [9.17, 15) is 18.0 Å². The normalized spacial score (nSPS) is 11.6. The van der Waals surface area contributed by atoms with Gasteiger partial charge in [0.15, 0.2) is 11.0 Å². The molecule has 0 atom stereocenters. The molecule has 148 valence electrons. The minimum absolute atomic E-state index is 0.00602. The highest BCUT2D eigenvalue weighted by Gasteiger charge is 2.30. The van der Waals surface area contributed by atoms with Crippen molar-refractivity contribution in [3.63, 3.8) is 0 Å². The summed E-state index contributed by atoms with van der Waals surface area (Å²) < 4.78 is 40.1. The fourth-order valence-corrected chi connectivity index (χ4v) is 4.00. The second-order valence-electron chi connectivity index (χ2n) is 5.94. The Labute approximate surface area is 168 Å². The van der Waals surface area contributed by atoms with Crippen molar-refractivity contribution in [3.8, 4) is 11.4 Å². The van der Waals surface area contributed by atoms with E-state index in [1.807, 2.05) is 12.4 Å². The monoisotopic (exact) mass is 426 g/mol. The molecule has 0 saturated heterocycles. The van der Waals surface area contributed by atoms with Crippen molar-refractivity contribution in [1.82, 2.24) is 14.8 Å². The number of benzene rings is 1. The largest absolute Gasteiger partial charge is 0.416 e. The van der Waals surface area contributed by atoms with E-state index in [1.54, 1.807) is 15.9 Å². The van der Waals surface area contributed by atoms with Gasteiger partial charge in [-0.05, 0) is 30.7 Å². The zero-order valence-corrected chi connectivity index (χ0v) is 16.7. The van der Waals surface area contributed by atoms with E-state index in [1.165, 1.54) is 28.8 Å². The number of thiophene rings is 1. The van der Waals surface area contributed by atoms with Crippen LogP contribution < -0.4 is 5.32 Å².